The Labute approximate surface area is 209 Å². The van der Waals surface area contributed by atoms with Crippen LogP contribution in [0.3, 0.4) is 0 Å². The van der Waals surface area contributed by atoms with Crippen molar-refractivity contribution in [3.63, 3.8) is 0 Å². The Morgan fingerprint density at radius 1 is 1.14 bits per heavy atom. The number of likely N-dealkylation sites (N-methyl/N-ethyl adjacent to an activating group) is 1. The minimum Gasteiger partial charge on any atom is -0.337 e. The number of hydrogen-bond donors (Lipinski definition) is 0. The van der Waals surface area contributed by atoms with Crippen molar-refractivity contribution >= 4 is 15.7 Å². The van der Waals surface area contributed by atoms with E-state index in [9.17, 15) is 22.0 Å². The minimum absolute atomic E-state index is 0.104. The summed E-state index contributed by atoms with van der Waals surface area (Å²) in [5.41, 5.74) is 1.49. The molecular weight excluding hydrogens is 490 g/mol. The highest BCUT2D eigenvalue weighted by molar-refractivity contribution is 7.90. The predicted molar refractivity (Wildman–Crippen MR) is 131 cm³/mol. The van der Waals surface area contributed by atoms with E-state index in [2.05, 4.69) is 20.5 Å². The van der Waals surface area contributed by atoms with Gasteiger partial charge in [0.05, 0.1) is 35.4 Å². The topological polar surface area (TPSA) is 111 Å². The summed E-state index contributed by atoms with van der Waals surface area (Å²) in [4.78, 5) is 14.6. The van der Waals surface area contributed by atoms with Gasteiger partial charge in [-0.25, -0.2) is 17.2 Å². The van der Waals surface area contributed by atoms with Crippen LogP contribution in [0.25, 0.3) is 11.3 Å². The number of nitrogens with zero attached hydrogens (tertiary/aromatic N) is 6. The van der Waals surface area contributed by atoms with Crippen molar-refractivity contribution in [2.24, 2.45) is 0 Å². The van der Waals surface area contributed by atoms with Gasteiger partial charge in [-0.15, -0.1) is 5.10 Å². The van der Waals surface area contributed by atoms with E-state index < -0.39 is 21.5 Å². The van der Waals surface area contributed by atoms with Gasteiger partial charge < -0.3 is 4.90 Å². The summed E-state index contributed by atoms with van der Waals surface area (Å²) >= 11 is 0. The average Bonchev–Trinajstić information content (AvgIpc) is 3.30. The quantitative estimate of drug-likeness (QED) is 0.382. The Bertz CT molecular complexity index is 1310. The van der Waals surface area contributed by atoms with Gasteiger partial charge in [-0.1, -0.05) is 31.5 Å². The second kappa shape index (κ2) is 11.6. The lowest BCUT2D eigenvalue weighted by molar-refractivity contribution is 0.0749. The monoisotopic (exact) mass is 520 g/mol. The van der Waals surface area contributed by atoms with Gasteiger partial charge >= 0.3 is 0 Å². The molecule has 1 amide bonds. The number of benzene rings is 1. The van der Waals surface area contributed by atoms with Crippen molar-refractivity contribution in [3.8, 4) is 11.3 Å². The molecule has 1 unspecified atom stereocenters. The van der Waals surface area contributed by atoms with Crippen LogP contribution in [0.1, 0.15) is 54.9 Å². The zero-order valence-corrected chi connectivity index (χ0v) is 21.6. The molecule has 3 rings (SSSR count). The summed E-state index contributed by atoms with van der Waals surface area (Å²) in [6.07, 6.45) is 3.98. The summed E-state index contributed by atoms with van der Waals surface area (Å²) in [6.45, 7) is 6.55. The van der Waals surface area contributed by atoms with Gasteiger partial charge in [0, 0.05) is 25.3 Å². The van der Waals surface area contributed by atoms with E-state index in [0.717, 1.165) is 18.2 Å². The Morgan fingerprint density at radius 2 is 1.83 bits per heavy atom. The highest BCUT2D eigenvalue weighted by Crippen LogP contribution is 2.28. The summed E-state index contributed by atoms with van der Waals surface area (Å²) < 4.78 is 52.7. The van der Waals surface area contributed by atoms with Crippen molar-refractivity contribution in [2.45, 2.75) is 46.1 Å². The standard InChI is InChI=1S/C24H30F2N6O3S/c1-5-8-17-13-20(22-18(25)9-7-10-19(22)26)27-29-23(17)16(3)14-31(6-2)24(33)21-15-32(30-28-21)11-12-36(4,34)35/h7,9-10,13,15-16H,5-6,8,11-12,14H2,1-4H3. The van der Waals surface area contributed by atoms with Gasteiger partial charge in [0.2, 0.25) is 0 Å². The normalized spacial score (nSPS) is 12.5. The van der Waals surface area contributed by atoms with Crippen LogP contribution in [0.4, 0.5) is 8.78 Å². The largest absolute Gasteiger partial charge is 0.337 e. The summed E-state index contributed by atoms with van der Waals surface area (Å²) in [5, 5.41) is 16.2. The van der Waals surface area contributed by atoms with Crippen molar-refractivity contribution in [3.05, 3.63) is 59.0 Å². The molecule has 0 bridgehead atoms. The number of amides is 1. The number of rotatable bonds is 11. The molecule has 9 nitrogen and oxygen atoms in total. The van der Waals surface area contributed by atoms with E-state index >= 15 is 0 Å². The first kappa shape index (κ1) is 27.3. The Morgan fingerprint density at radius 3 is 2.44 bits per heavy atom. The van der Waals surface area contributed by atoms with Crippen LogP contribution < -0.4 is 0 Å². The molecule has 2 aromatic heterocycles. The maximum atomic E-state index is 14.3. The number of carbonyl (C=O) groups excluding carboxylic acids is 1. The van der Waals surface area contributed by atoms with Gasteiger partial charge in [-0.2, -0.15) is 10.2 Å². The lowest BCUT2D eigenvalue weighted by atomic mass is 9.97. The molecule has 0 fully saturated rings. The molecule has 2 heterocycles. The molecule has 0 aliphatic carbocycles. The van der Waals surface area contributed by atoms with Crippen molar-refractivity contribution < 1.29 is 22.0 Å². The van der Waals surface area contributed by atoms with E-state index in [1.807, 2.05) is 20.8 Å². The average molecular weight is 521 g/mol. The number of carbonyl (C=O) groups is 1. The maximum absolute atomic E-state index is 14.3. The SMILES string of the molecule is CCCc1cc(-c2c(F)cccc2F)nnc1C(C)CN(CC)C(=O)c1cn(CCS(C)(=O)=O)nn1. The van der Waals surface area contributed by atoms with Gasteiger partial charge in [0.1, 0.15) is 21.5 Å². The van der Waals surface area contributed by atoms with Gasteiger partial charge in [-0.05, 0) is 37.1 Å². The second-order valence-corrected chi connectivity index (χ2v) is 11.0. The maximum Gasteiger partial charge on any atom is 0.276 e. The molecule has 0 aliphatic rings. The smallest absolute Gasteiger partial charge is 0.276 e. The fourth-order valence-electron chi connectivity index (χ4n) is 3.89. The molecule has 0 N–H and O–H groups in total. The lowest BCUT2D eigenvalue weighted by Gasteiger charge is -2.24. The molecule has 3 aromatic rings. The molecule has 0 saturated heterocycles. The van der Waals surface area contributed by atoms with Crippen LogP contribution >= 0.6 is 0 Å². The summed E-state index contributed by atoms with van der Waals surface area (Å²) in [6, 6.07) is 5.32. The van der Waals surface area contributed by atoms with Crippen molar-refractivity contribution in [2.75, 3.05) is 25.1 Å². The molecule has 36 heavy (non-hydrogen) atoms. The van der Waals surface area contributed by atoms with E-state index in [4.69, 9.17) is 0 Å². The predicted octanol–water partition coefficient (Wildman–Crippen LogP) is 3.28. The molecule has 1 atom stereocenters. The minimum atomic E-state index is -3.17. The molecule has 0 spiro atoms. The molecule has 194 valence electrons. The Balaban J connectivity index is 1.81. The van der Waals surface area contributed by atoms with E-state index in [1.165, 1.54) is 29.1 Å². The molecule has 1 aromatic carbocycles. The fraction of sp³-hybridized carbons (Fsp3) is 0.458. The molecule has 0 radical (unpaired) electrons. The Hall–Kier alpha value is -3.28. The van der Waals surface area contributed by atoms with Gasteiger partial charge in [0.25, 0.3) is 5.91 Å². The van der Waals surface area contributed by atoms with Crippen LogP contribution in [0.2, 0.25) is 0 Å². The van der Waals surface area contributed by atoms with Crippen LogP contribution in [0.5, 0.6) is 0 Å². The highest BCUT2D eigenvalue weighted by atomic mass is 32.2. The number of sulfone groups is 1. The molecule has 0 aliphatic heterocycles. The lowest BCUT2D eigenvalue weighted by Crippen LogP contribution is -2.34. The first-order valence-corrected chi connectivity index (χ1v) is 13.8. The van der Waals surface area contributed by atoms with Gasteiger partial charge in [0.15, 0.2) is 5.69 Å². The third-order valence-electron chi connectivity index (χ3n) is 5.72. The molecule has 0 saturated carbocycles. The zero-order valence-electron chi connectivity index (χ0n) is 20.8. The third-order valence-corrected chi connectivity index (χ3v) is 6.65. The van der Waals surface area contributed by atoms with Crippen LogP contribution in [0, 0.1) is 11.6 Å². The first-order chi connectivity index (χ1) is 17.0. The van der Waals surface area contributed by atoms with Crippen LogP contribution in [-0.4, -0.2) is 69.5 Å². The van der Waals surface area contributed by atoms with Crippen LogP contribution in [-0.2, 0) is 22.8 Å². The number of aryl methyl sites for hydroxylation is 2. The van der Waals surface area contributed by atoms with Crippen LogP contribution in [0.15, 0.2) is 30.5 Å². The highest BCUT2D eigenvalue weighted by Gasteiger charge is 2.24. The molecular formula is C24H30F2N6O3S. The number of hydrogen-bond acceptors (Lipinski definition) is 7. The Kier molecular flexibility index (Phi) is 8.83. The van der Waals surface area contributed by atoms with Gasteiger partial charge in [-0.3, -0.25) is 9.48 Å². The zero-order chi connectivity index (χ0) is 26.5. The van der Waals surface area contributed by atoms with E-state index in [0.29, 0.717) is 25.2 Å². The first-order valence-electron chi connectivity index (χ1n) is 11.7. The van der Waals surface area contributed by atoms with E-state index in [1.54, 1.807) is 11.0 Å². The summed E-state index contributed by atoms with van der Waals surface area (Å²) in [5.74, 6) is -2.09. The number of aromatic nitrogens is 5. The van der Waals surface area contributed by atoms with Crippen molar-refractivity contribution in [1.29, 1.82) is 0 Å². The summed E-state index contributed by atoms with van der Waals surface area (Å²) in [7, 11) is -3.17. The molecule has 12 heteroatoms. The third kappa shape index (κ3) is 6.68. The number of halogens is 2. The second-order valence-electron chi connectivity index (χ2n) is 8.73. The van der Waals surface area contributed by atoms with Crippen molar-refractivity contribution in [1.82, 2.24) is 30.1 Å². The van der Waals surface area contributed by atoms with E-state index in [-0.39, 0.29) is 41.1 Å². The fourth-order valence-corrected chi connectivity index (χ4v) is 4.41.